The molecule has 0 fully saturated rings. The molecule has 2 aromatic rings. The lowest BCUT2D eigenvalue weighted by Crippen LogP contribution is -2.15. The molecule has 0 atom stereocenters. The molecule has 0 spiro atoms. The summed E-state index contributed by atoms with van der Waals surface area (Å²) in [7, 11) is 0. The summed E-state index contributed by atoms with van der Waals surface area (Å²) in [6.45, 7) is 1.83. The smallest absolute Gasteiger partial charge is 0.295 e. The SMILES string of the molecule is CCc1nc(C(=O)Nc2ccc([N+](=O)[O-])cc2F)n[nH]1. The Labute approximate surface area is 112 Å². The number of nitrogens with zero attached hydrogens (tertiary/aromatic N) is 3. The average Bonchev–Trinajstić information content (AvgIpc) is 2.89. The summed E-state index contributed by atoms with van der Waals surface area (Å²) in [6.07, 6.45) is 0.576. The summed E-state index contributed by atoms with van der Waals surface area (Å²) in [5.74, 6) is -1.20. The minimum Gasteiger partial charge on any atom is -0.317 e. The number of carbonyl (C=O) groups excluding carboxylic acids is 1. The Morgan fingerprint density at radius 1 is 1.55 bits per heavy atom. The highest BCUT2D eigenvalue weighted by atomic mass is 19.1. The lowest BCUT2D eigenvalue weighted by Gasteiger charge is -2.03. The number of halogens is 1. The number of benzene rings is 1. The van der Waals surface area contributed by atoms with Gasteiger partial charge < -0.3 is 5.32 Å². The fraction of sp³-hybridized carbons (Fsp3) is 0.182. The largest absolute Gasteiger partial charge is 0.317 e. The first-order valence-corrected chi connectivity index (χ1v) is 5.67. The molecule has 104 valence electrons. The van der Waals surface area contributed by atoms with E-state index in [1.807, 2.05) is 6.92 Å². The first-order valence-electron chi connectivity index (χ1n) is 5.67. The lowest BCUT2D eigenvalue weighted by atomic mass is 10.2. The zero-order valence-corrected chi connectivity index (χ0v) is 10.4. The molecule has 0 aliphatic rings. The molecule has 1 aromatic heterocycles. The van der Waals surface area contributed by atoms with E-state index in [0.717, 1.165) is 18.2 Å². The van der Waals surface area contributed by atoms with Crippen LogP contribution >= 0.6 is 0 Å². The molecule has 20 heavy (non-hydrogen) atoms. The van der Waals surface area contributed by atoms with Crippen molar-refractivity contribution in [2.24, 2.45) is 0 Å². The van der Waals surface area contributed by atoms with Crippen LogP contribution in [0.2, 0.25) is 0 Å². The molecule has 0 unspecified atom stereocenters. The average molecular weight is 279 g/mol. The van der Waals surface area contributed by atoms with Gasteiger partial charge in [0.2, 0.25) is 5.82 Å². The zero-order chi connectivity index (χ0) is 14.7. The second kappa shape index (κ2) is 5.43. The third-order valence-electron chi connectivity index (χ3n) is 2.48. The van der Waals surface area contributed by atoms with Crippen molar-refractivity contribution in [1.82, 2.24) is 15.2 Å². The molecule has 1 amide bonds. The molecule has 0 aliphatic heterocycles. The molecule has 2 rings (SSSR count). The highest BCUT2D eigenvalue weighted by molar-refractivity contribution is 6.01. The Kier molecular flexibility index (Phi) is 3.69. The van der Waals surface area contributed by atoms with Crippen LogP contribution in [0.3, 0.4) is 0 Å². The normalized spacial score (nSPS) is 10.3. The number of nitro groups is 1. The van der Waals surface area contributed by atoms with Crippen LogP contribution < -0.4 is 5.32 Å². The first kappa shape index (κ1) is 13.6. The summed E-state index contributed by atoms with van der Waals surface area (Å²) in [5.41, 5.74) is -0.574. The van der Waals surface area contributed by atoms with Gasteiger partial charge in [0.15, 0.2) is 5.82 Å². The molecule has 9 heteroatoms. The number of H-pyrrole nitrogens is 1. The predicted molar refractivity (Wildman–Crippen MR) is 66.8 cm³/mol. The molecule has 1 heterocycles. The van der Waals surface area contributed by atoms with Gasteiger partial charge in [-0.15, -0.1) is 5.10 Å². The lowest BCUT2D eigenvalue weighted by molar-refractivity contribution is -0.385. The fourth-order valence-corrected chi connectivity index (χ4v) is 1.45. The molecule has 0 saturated carbocycles. The van der Waals surface area contributed by atoms with Gasteiger partial charge in [0.1, 0.15) is 5.82 Å². The summed E-state index contributed by atoms with van der Waals surface area (Å²) >= 11 is 0. The number of amides is 1. The van der Waals surface area contributed by atoms with E-state index in [4.69, 9.17) is 0 Å². The van der Waals surface area contributed by atoms with Crippen molar-refractivity contribution in [1.29, 1.82) is 0 Å². The third kappa shape index (κ3) is 2.76. The highest BCUT2D eigenvalue weighted by Gasteiger charge is 2.16. The van der Waals surface area contributed by atoms with Crippen molar-refractivity contribution in [3.8, 4) is 0 Å². The van der Waals surface area contributed by atoms with Crippen molar-refractivity contribution >= 4 is 17.3 Å². The molecule has 0 radical (unpaired) electrons. The number of nitro benzene ring substituents is 1. The van der Waals surface area contributed by atoms with E-state index in [2.05, 4.69) is 20.5 Å². The zero-order valence-electron chi connectivity index (χ0n) is 10.4. The van der Waals surface area contributed by atoms with Gasteiger partial charge in [0.25, 0.3) is 11.6 Å². The Hall–Kier alpha value is -2.84. The van der Waals surface area contributed by atoms with E-state index in [9.17, 15) is 19.3 Å². The minimum absolute atomic E-state index is 0.125. The number of carbonyl (C=O) groups is 1. The van der Waals surface area contributed by atoms with E-state index in [0.29, 0.717) is 12.2 Å². The van der Waals surface area contributed by atoms with Gasteiger partial charge in [-0.3, -0.25) is 20.0 Å². The summed E-state index contributed by atoms with van der Waals surface area (Å²) in [5, 5.41) is 19.0. The molecule has 1 aromatic carbocycles. The molecule has 8 nitrogen and oxygen atoms in total. The second-order valence-corrected chi connectivity index (χ2v) is 3.83. The summed E-state index contributed by atoms with van der Waals surface area (Å²) in [6, 6.07) is 2.93. The van der Waals surface area contributed by atoms with Crippen molar-refractivity contribution in [2.45, 2.75) is 13.3 Å². The van der Waals surface area contributed by atoms with Crippen molar-refractivity contribution in [3.05, 3.63) is 45.8 Å². The monoisotopic (exact) mass is 279 g/mol. The van der Waals surface area contributed by atoms with Crippen LogP contribution in [0.5, 0.6) is 0 Å². The van der Waals surface area contributed by atoms with E-state index in [1.54, 1.807) is 0 Å². The first-order chi connectivity index (χ1) is 9.51. The highest BCUT2D eigenvalue weighted by Crippen LogP contribution is 2.20. The summed E-state index contributed by atoms with van der Waals surface area (Å²) < 4.78 is 13.6. The Morgan fingerprint density at radius 3 is 2.85 bits per heavy atom. The van der Waals surface area contributed by atoms with Gasteiger partial charge in [-0.2, -0.15) is 0 Å². The van der Waals surface area contributed by atoms with Crippen LogP contribution in [0.1, 0.15) is 23.4 Å². The van der Waals surface area contributed by atoms with Gasteiger partial charge in [-0.05, 0) is 6.07 Å². The quantitative estimate of drug-likeness (QED) is 0.652. The number of hydrogen-bond acceptors (Lipinski definition) is 5. The minimum atomic E-state index is -0.904. The molecule has 0 aliphatic carbocycles. The van der Waals surface area contributed by atoms with Crippen LogP contribution in [0, 0.1) is 15.9 Å². The van der Waals surface area contributed by atoms with Crippen LogP contribution in [-0.4, -0.2) is 26.0 Å². The number of anilines is 1. The standard InChI is InChI=1S/C11H10FN5O3/c1-2-9-14-10(16-15-9)11(18)13-8-4-3-6(17(19)20)5-7(8)12/h3-5H,2H2,1H3,(H,13,18)(H,14,15,16). The Bertz CT molecular complexity index is 670. The Morgan fingerprint density at radius 2 is 2.30 bits per heavy atom. The molecule has 0 saturated heterocycles. The van der Waals surface area contributed by atoms with Crippen LogP contribution in [0.15, 0.2) is 18.2 Å². The number of aromatic nitrogens is 3. The molecule has 0 bridgehead atoms. The number of rotatable bonds is 4. The van der Waals surface area contributed by atoms with E-state index < -0.39 is 22.3 Å². The number of aromatic amines is 1. The molecular weight excluding hydrogens is 269 g/mol. The molecule has 2 N–H and O–H groups in total. The van der Waals surface area contributed by atoms with E-state index in [-0.39, 0.29) is 11.5 Å². The fourth-order valence-electron chi connectivity index (χ4n) is 1.45. The van der Waals surface area contributed by atoms with Crippen molar-refractivity contribution in [2.75, 3.05) is 5.32 Å². The predicted octanol–water partition coefficient (Wildman–Crippen LogP) is 1.67. The van der Waals surface area contributed by atoms with Crippen LogP contribution in [-0.2, 0) is 6.42 Å². The number of nitrogens with one attached hydrogen (secondary N) is 2. The Balaban J connectivity index is 2.17. The van der Waals surface area contributed by atoms with Gasteiger partial charge in [0, 0.05) is 12.5 Å². The van der Waals surface area contributed by atoms with E-state index >= 15 is 0 Å². The third-order valence-corrected chi connectivity index (χ3v) is 2.48. The summed E-state index contributed by atoms with van der Waals surface area (Å²) in [4.78, 5) is 25.4. The maximum atomic E-state index is 13.6. The number of hydrogen-bond donors (Lipinski definition) is 2. The van der Waals surface area contributed by atoms with Crippen LogP contribution in [0.25, 0.3) is 0 Å². The molecular formula is C11H10FN5O3. The van der Waals surface area contributed by atoms with Crippen molar-refractivity contribution < 1.29 is 14.1 Å². The maximum Gasteiger partial charge on any atom is 0.295 e. The van der Waals surface area contributed by atoms with Crippen molar-refractivity contribution in [3.63, 3.8) is 0 Å². The van der Waals surface area contributed by atoms with E-state index in [1.165, 1.54) is 0 Å². The van der Waals surface area contributed by atoms with Crippen LogP contribution in [0.4, 0.5) is 15.8 Å². The van der Waals surface area contributed by atoms with Gasteiger partial charge in [-0.25, -0.2) is 9.37 Å². The topological polar surface area (TPSA) is 114 Å². The second-order valence-electron chi connectivity index (χ2n) is 3.83. The van der Waals surface area contributed by atoms with Gasteiger partial charge in [-0.1, -0.05) is 6.92 Å². The number of aryl methyl sites for hydroxylation is 1. The van der Waals surface area contributed by atoms with Gasteiger partial charge in [0.05, 0.1) is 16.7 Å². The maximum absolute atomic E-state index is 13.6. The van der Waals surface area contributed by atoms with Gasteiger partial charge >= 0.3 is 0 Å². The number of non-ortho nitro benzene ring substituents is 1.